The summed E-state index contributed by atoms with van der Waals surface area (Å²) in [5, 5.41) is 12.1. The van der Waals surface area contributed by atoms with E-state index >= 15 is 0 Å². The second-order valence-corrected chi connectivity index (χ2v) is 13.2. The number of nitrogens with zero attached hydrogens (tertiary/aromatic N) is 3. The summed E-state index contributed by atoms with van der Waals surface area (Å²) in [5.41, 5.74) is 7.51. The highest BCUT2D eigenvalue weighted by Crippen LogP contribution is 2.40. The lowest BCUT2D eigenvalue weighted by molar-refractivity contribution is -0.113. The van der Waals surface area contributed by atoms with Gasteiger partial charge in [0.25, 0.3) is 5.91 Å². The Morgan fingerprint density at radius 3 is 2.49 bits per heavy atom. The molecule has 0 bridgehead atoms. The molecular formula is C35H41N5O2S. The molecule has 1 aromatic heterocycles. The van der Waals surface area contributed by atoms with Gasteiger partial charge in [-0.2, -0.15) is 4.98 Å². The molecule has 2 heterocycles. The van der Waals surface area contributed by atoms with Crippen LogP contribution in [0.2, 0.25) is 0 Å². The fourth-order valence-electron chi connectivity index (χ4n) is 5.21. The quantitative estimate of drug-likeness (QED) is 0.190. The van der Waals surface area contributed by atoms with Crippen LogP contribution in [0.4, 0.5) is 11.6 Å². The smallest absolute Gasteiger partial charge is 0.255 e. The fraction of sp³-hybridized carbons (Fsp3) is 0.343. The molecule has 1 atom stereocenters. The van der Waals surface area contributed by atoms with Crippen molar-refractivity contribution in [3.05, 3.63) is 106 Å². The zero-order valence-corrected chi connectivity index (χ0v) is 26.9. The number of nitrogens with one attached hydrogen (secondary N) is 2. The minimum absolute atomic E-state index is 0.0864. The van der Waals surface area contributed by atoms with E-state index in [1.54, 1.807) is 11.8 Å². The molecule has 1 amide bonds. The summed E-state index contributed by atoms with van der Waals surface area (Å²) in [6.07, 6.45) is 1.01. The molecule has 1 unspecified atom stereocenters. The average Bonchev–Trinajstić information content (AvgIpc) is 3.38. The van der Waals surface area contributed by atoms with E-state index < -0.39 is 6.04 Å². The van der Waals surface area contributed by atoms with Gasteiger partial charge in [-0.05, 0) is 61.4 Å². The Labute approximate surface area is 259 Å². The number of para-hydroxylation sites is 1. The first-order valence-corrected chi connectivity index (χ1v) is 15.8. The van der Waals surface area contributed by atoms with Crippen molar-refractivity contribution in [2.45, 2.75) is 78.1 Å². The molecule has 0 saturated heterocycles. The third kappa shape index (κ3) is 6.80. The average molecular weight is 596 g/mol. The molecule has 1 aliphatic rings. The molecule has 0 saturated carbocycles. The highest BCUT2D eigenvalue weighted by atomic mass is 32.2. The van der Waals surface area contributed by atoms with Crippen LogP contribution in [0.3, 0.4) is 0 Å². The topological polar surface area (TPSA) is 81.1 Å². The van der Waals surface area contributed by atoms with Crippen molar-refractivity contribution >= 4 is 29.3 Å². The van der Waals surface area contributed by atoms with Crippen molar-refractivity contribution in [1.29, 1.82) is 0 Å². The molecule has 4 aromatic rings. The molecule has 0 fully saturated rings. The Morgan fingerprint density at radius 2 is 1.79 bits per heavy atom. The first-order valence-electron chi connectivity index (χ1n) is 14.8. The first-order chi connectivity index (χ1) is 20.5. The van der Waals surface area contributed by atoms with Crippen LogP contribution >= 0.6 is 11.8 Å². The lowest BCUT2D eigenvalue weighted by Gasteiger charge is -2.30. The van der Waals surface area contributed by atoms with Crippen LogP contribution < -0.4 is 15.4 Å². The number of anilines is 2. The van der Waals surface area contributed by atoms with Gasteiger partial charge in [-0.25, -0.2) is 4.68 Å². The highest BCUT2D eigenvalue weighted by molar-refractivity contribution is 7.99. The number of hydrogen-bond donors (Lipinski definition) is 2. The van der Waals surface area contributed by atoms with E-state index in [1.807, 2.05) is 61.9 Å². The van der Waals surface area contributed by atoms with Crippen molar-refractivity contribution in [2.75, 3.05) is 16.4 Å². The van der Waals surface area contributed by atoms with Gasteiger partial charge >= 0.3 is 0 Å². The van der Waals surface area contributed by atoms with Crippen molar-refractivity contribution in [3.63, 3.8) is 0 Å². The third-order valence-corrected chi connectivity index (χ3v) is 8.61. The maximum absolute atomic E-state index is 14.1. The third-order valence-electron chi connectivity index (χ3n) is 7.57. The number of aromatic nitrogens is 3. The SMILES string of the molecule is CCCSc1nc2n(n1)C(c1ccccc1OCc1ccc(C(C)(C)C)cc1)C(C(=O)Nc1ccc(C)cc1C)=C(C)N2. The van der Waals surface area contributed by atoms with E-state index in [0.29, 0.717) is 29.0 Å². The summed E-state index contributed by atoms with van der Waals surface area (Å²) in [6, 6.07) is 21.9. The van der Waals surface area contributed by atoms with Crippen LogP contribution in [0, 0.1) is 13.8 Å². The summed E-state index contributed by atoms with van der Waals surface area (Å²) >= 11 is 1.61. The lowest BCUT2D eigenvalue weighted by atomic mass is 9.87. The largest absolute Gasteiger partial charge is 0.489 e. The maximum atomic E-state index is 14.1. The Bertz CT molecular complexity index is 1650. The zero-order valence-electron chi connectivity index (χ0n) is 26.1. The molecule has 0 radical (unpaired) electrons. The Balaban J connectivity index is 1.52. The summed E-state index contributed by atoms with van der Waals surface area (Å²) in [4.78, 5) is 18.8. The summed E-state index contributed by atoms with van der Waals surface area (Å²) < 4.78 is 8.28. The number of carbonyl (C=O) groups is 1. The van der Waals surface area contributed by atoms with Crippen LogP contribution in [-0.2, 0) is 16.8 Å². The number of aryl methyl sites for hydroxylation is 2. The number of benzene rings is 3. The molecule has 224 valence electrons. The number of hydrogen-bond acceptors (Lipinski definition) is 6. The number of rotatable bonds is 9. The van der Waals surface area contributed by atoms with Crippen LogP contribution in [0.1, 0.15) is 74.9 Å². The van der Waals surface area contributed by atoms with E-state index in [0.717, 1.165) is 45.8 Å². The molecule has 3 aromatic carbocycles. The van der Waals surface area contributed by atoms with Crippen LogP contribution in [0.25, 0.3) is 0 Å². The van der Waals surface area contributed by atoms with Gasteiger partial charge in [0.2, 0.25) is 11.1 Å². The van der Waals surface area contributed by atoms with Gasteiger partial charge in [0.1, 0.15) is 18.4 Å². The minimum Gasteiger partial charge on any atom is -0.489 e. The van der Waals surface area contributed by atoms with Gasteiger partial charge in [0.05, 0.1) is 5.57 Å². The van der Waals surface area contributed by atoms with Crippen molar-refractivity contribution < 1.29 is 9.53 Å². The van der Waals surface area contributed by atoms with Gasteiger partial charge in [-0.15, -0.1) is 5.10 Å². The first kappa shape index (κ1) is 30.4. The van der Waals surface area contributed by atoms with Crippen LogP contribution in [0.5, 0.6) is 5.75 Å². The van der Waals surface area contributed by atoms with Gasteiger partial charge in [-0.3, -0.25) is 4.79 Å². The predicted molar refractivity (Wildman–Crippen MR) is 176 cm³/mol. The standard InChI is InChI=1S/C35H41N5O2S/c1-8-19-43-34-38-33-36-24(4)30(32(41)37-28-18-13-22(2)20-23(28)3)31(40(33)39-34)27-11-9-10-12-29(27)42-21-25-14-16-26(17-15-25)35(5,6)7/h9-18,20,31H,8,19,21H2,1-7H3,(H,37,41)(H,36,38,39). The molecule has 5 rings (SSSR count). The number of amides is 1. The maximum Gasteiger partial charge on any atom is 0.255 e. The number of carbonyl (C=O) groups excluding carboxylic acids is 1. The number of fused-ring (bicyclic) bond motifs is 1. The van der Waals surface area contributed by atoms with E-state index in [2.05, 4.69) is 68.7 Å². The summed E-state index contributed by atoms with van der Waals surface area (Å²) in [6.45, 7) is 15.1. The monoisotopic (exact) mass is 595 g/mol. The Hall–Kier alpha value is -4.04. The molecule has 7 nitrogen and oxygen atoms in total. The fourth-order valence-corrected chi connectivity index (χ4v) is 5.89. The molecule has 2 N–H and O–H groups in total. The van der Waals surface area contributed by atoms with Crippen molar-refractivity contribution in [3.8, 4) is 5.75 Å². The number of ether oxygens (including phenoxy) is 1. The zero-order chi connectivity index (χ0) is 30.7. The van der Waals surface area contributed by atoms with Gasteiger partial charge in [0.15, 0.2) is 0 Å². The van der Waals surface area contributed by atoms with E-state index in [4.69, 9.17) is 14.8 Å². The number of allylic oxidation sites excluding steroid dienone is 1. The van der Waals surface area contributed by atoms with Crippen molar-refractivity contribution in [1.82, 2.24) is 14.8 Å². The second kappa shape index (κ2) is 12.7. The molecular weight excluding hydrogens is 554 g/mol. The molecule has 43 heavy (non-hydrogen) atoms. The Kier molecular flexibility index (Phi) is 8.97. The second-order valence-electron chi connectivity index (χ2n) is 12.1. The highest BCUT2D eigenvalue weighted by Gasteiger charge is 2.36. The van der Waals surface area contributed by atoms with E-state index in [1.165, 1.54) is 5.56 Å². The minimum atomic E-state index is -0.537. The molecule has 0 spiro atoms. The van der Waals surface area contributed by atoms with Crippen molar-refractivity contribution in [2.24, 2.45) is 0 Å². The van der Waals surface area contributed by atoms with E-state index in [9.17, 15) is 4.79 Å². The van der Waals surface area contributed by atoms with Gasteiger partial charge < -0.3 is 15.4 Å². The van der Waals surface area contributed by atoms with E-state index in [-0.39, 0.29) is 11.3 Å². The predicted octanol–water partition coefficient (Wildman–Crippen LogP) is 8.20. The number of thioether (sulfide) groups is 1. The van der Waals surface area contributed by atoms with Gasteiger partial charge in [-0.1, -0.05) is 99.6 Å². The molecule has 0 aliphatic carbocycles. The normalized spacial score (nSPS) is 14.7. The van der Waals surface area contributed by atoms with Crippen LogP contribution in [0.15, 0.2) is 83.2 Å². The lowest BCUT2D eigenvalue weighted by Crippen LogP contribution is -2.32. The van der Waals surface area contributed by atoms with Crippen LogP contribution in [-0.4, -0.2) is 26.4 Å². The summed E-state index contributed by atoms with van der Waals surface area (Å²) in [5.74, 6) is 2.02. The van der Waals surface area contributed by atoms with Gasteiger partial charge in [0, 0.05) is 22.7 Å². The molecule has 8 heteroatoms. The summed E-state index contributed by atoms with van der Waals surface area (Å²) in [7, 11) is 0. The molecule has 1 aliphatic heterocycles. The Morgan fingerprint density at radius 1 is 1.05 bits per heavy atom.